The Bertz CT molecular complexity index is 1440. The number of hydroxylamine groups is 2. The number of aliphatic hydroxyl groups is 1. The number of methoxy groups -OCH3 is 1. The van der Waals surface area contributed by atoms with Crippen LogP contribution in [0.1, 0.15) is 50.0 Å². The molecule has 0 aliphatic carbocycles. The van der Waals surface area contributed by atoms with Gasteiger partial charge in [-0.15, -0.1) is 5.06 Å². The highest BCUT2D eigenvalue weighted by molar-refractivity contribution is 5.95. The van der Waals surface area contributed by atoms with E-state index in [2.05, 4.69) is 31.1 Å². The minimum atomic E-state index is -0.901. The van der Waals surface area contributed by atoms with E-state index in [0.29, 0.717) is 48.1 Å². The summed E-state index contributed by atoms with van der Waals surface area (Å²) in [6.45, 7) is 13.8. The number of nitrogens with one attached hydrogen (secondary N) is 2. The summed E-state index contributed by atoms with van der Waals surface area (Å²) in [6, 6.07) is 24.0. The van der Waals surface area contributed by atoms with Gasteiger partial charge in [0.05, 0.1) is 32.3 Å². The Morgan fingerprint density at radius 3 is 2.31 bits per heavy atom. The molecule has 3 rings (SSSR count). The number of hydrogen-bond donors (Lipinski definition) is 3. The fourth-order valence-electron chi connectivity index (χ4n) is 5.14. The number of anilines is 1. The van der Waals surface area contributed by atoms with E-state index in [9.17, 15) is 14.7 Å². The number of rotatable bonds is 21. The van der Waals surface area contributed by atoms with Crippen LogP contribution in [-0.2, 0) is 16.0 Å². The summed E-state index contributed by atoms with van der Waals surface area (Å²) in [6.07, 6.45) is -0.230. The Balaban J connectivity index is 1.81. The lowest BCUT2D eigenvalue weighted by Gasteiger charge is -2.33. The van der Waals surface area contributed by atoms with Gasteiger partial charge in [-0.05, 0) is 62.1 Å². The van der Waals surface area contributed by atoms with Gasteiger partial charge in [-0.2, -0.15) is 0 Å². The summed E-state index contributed by atoms with van der Waals surface area (Å²) < 4.78 is 10.9. The minimum absolute atomic E-state index is 0.00776. The Morgan fingerprint density at radius 2 is 1.65 bits per heavy atom. The van der Waals surface area contributed by atoms with Crippen LogP contribution < -0.4 is 25.1 Å². The van der Waals surface area contributed by atoms with Gasteiger partial charge in [-0.1, -0.05) is 69.3 Å². The average Bonchev–Trinajstić information content (AvgIpc) is 3.07. The number of nitrogens with zero attached hydrogens (tertiary/aromatic N) is 2. The number of ether oxygens (including phenoxy) is 2. The first kappa shape index (κ1) is 37.9. The maximum atomic E-state index is 12.6. The molecule has 48 heavy (non-hydrogen) atoms. The number of likely N-dealkylation sites (N-methyl/N-ethyl adjacent to an activating group) is 1. The summed E-state index contributed by atoms with van der Waals surface area (Å²) in [5.74, 6) is 1.43. The van der Waals surface area contributed by atoms with Gasteiger partial charge in [0.1, 0.15) is 5.75 Å². The van der Waals surface area contributed by atoms with E-state index < -0.39 is 18.2 Å². The third-order valence-electron chi connectivity index (χ3n) is 8.03. The van der Waals surface area contributed by atoms with Crippen molar-refractivity contribution in [3.63, 3.8) is 0 Å². The van der Waals surface area contributed by atoms with Crippen LogP contribution in [0.4, 0.5) is 5.69 Å². The molecular weight excluding hydrogens is 608 g/mol. The van der Waals surface area contributed by atoms with Crippen LogP contribution in [0.5, 0.6) is 11.5 Å². The summed E-state index contributed by atoms with van der Waals surface area (Å²) in [5.41, 5.74) is 2.76. The van der Waals surface area contributed by atoms with Crippen molar-refractivity contribution in [3.8, 4) is 11.5 Å². The van der Waals surface area contributed by atoms with Crippen LogP contribution in [0, 0.1) is 5.92 Å². The monoisotopic (exact) mass is 660 g/mol. The first-order chi connectivity index (χ1) is 23.0. The maximum Gasteiger partial charge on any atom is 0.293 e. The molecule has 0 heterocycles. The molecule has 260 valence electrons. The molecule has 0 saturated carbocycles. The van der Waals surface area contributed by atoms with Gasteiger partial charge in [-0.25, -0.2) is 0 Å². The first-order valence-corrected chi connectivity index (χ1v) is 16.5. The van der Waals surface area contributed by atoms with Crippen molar-refractivity contribution in [2.75, 3.05) is 38.7 Å². The third-order valence-corrected chi connectivity index (χ3v) is 8.03. The maximum absolute atomic E-state index is 12.6. The van der Waals surface area contributed by atoms with Gasteiger partial charge >= 0.3 is 0 Å². The summed E-state index contributed by atoms with van der Waals surface area (Å²) in [7, 11) is 3.46. The summed E-state index contributed by atoms with van der Waals surface area (Å²) in [4.78, 5) is 32.4. The molecule has 0 aromatic heterocycles. The molecule has 0 spiro atoms. The molecule has 3 N–H and O–H groups in total. The van der Waals surface area contributed by atoms with Crippen molar-refractivity contribution in [1.82, 2.24) is 15.7 Å². The zero-order valence-corrected chi connectivity index (χ0v) is 29.1. The highest BCUT2D eigenvalue weighted by Gasteiger charge is 2.27. The molecule has 4 unspecified atom stereocenters. The Labute approximate surface area is 285 Å². The van der Waals surface area contributed by atoms with Crippen molar-refractivity contribution in [3.05, 3.63) is 102 Å². The van der Waals surface area contributed by atoms with Gasteiger partial charge in [-0.3, -0.25) is 9.59 Å². The lowest BCUT2D eigenvalue weighted by atomic mass is 9.99. The van der Waals surface area contributed by atoms with Crippen molar-refractivity contribution < 1.29 is 29.0 Å². The molecule has 4 atom stereocenters. The second-order valence-electron chi connectivity index (χ2n) is 12.4. The number of amides is 1. The Morgan fingerprint density at radius 1 is 0.938 bits per heavy atom. The number of benzene rings is 3. The lowest BCUT2D eigenvalue weighted by Crippen LogP contribution is -2.50. The van der Waals surface area contributed by atoms with Crippen molar-refractivity contribution >= 4 is 18.1 Å². The normalized spacial score (nSPS) is 13.6. The summed E-state index contributed by atoms with van der Waals surface area (Å²) >= 11 is 0. The van der Waals surface area contributed by atoms with Gasteiger partial charge < -0.3 is 35.0 Å². The van der Waals surface area contributed by atoms with Crippen LogP contribution in [0.25, 0.3) is 0 Å². The predicted octanol–water partition coefficient (Wildman–Crippen LogP) is 5.23. The molecule has 3 aromatic rings. The molecule has 0 aliphatic heterocycles. The standard InChI is InChI=1S/C38H52N4O6/c1-8-28(4)23-42(48-34-19-13-18-33(22-34)46-7)24-36(44)35(20-30-14-10-9-11-15-30)40-29(5)37(47-26-43)25-41(6)32-17-12-16-31(21-32)38(45)39-27(2)3/h9-19,21-22,26-28,35-37,40,44H,5,8,20,23-25H2,1-4,6-7H3,(H,39,45). The second kappa shape index (κ2) is 19.3. The van der Waals surface area contributed by atoms with E-state index in [-0.39, 0.29) is 25.0 Å². The second-order valence-corrected chi connectivity index (χ2v) is 12.4. The highest BCUT2D eigenvalue weighted by atomic mass is 16.7. The van der Waals surface area contributed by atoms with Crippen LogP contribution in [0.15, 0.2) is 91.1 Å². The van der Waals surface area contributed by atoms with Crippen LogP contribution in [0.3, 0.4) is 0 Å². The number of hydrogen-bond acceptors (Lipinski definition) is 9. The highest BCUT2D eigenvalue weighted by Crippen LogP contribution is 2.22. The van der Waals surface area contributed by atoms with E-state index >= 15 is 0 Å². The Kier molecular flexibility index (Phi) is 15.3. The molecule has 10 nitrogen and oxygen atoms in total. The van der Waals surface area contributed by atoms with E-state index in [4.69, 9.17) is 14.3 Å². The van der Waals surface area contributed by atoms with Gasteiger partial charge in [0.2, 0.25) is 0 Å². The largest absolute Gasteiger partial charge is 0.497 e. The van der Waals surface area contributed by atoms with E-state index in [1.165, 1.54) is 0 Å². The van der Waals surface area contributed by atoms with Crippen molar-refractivity contribution in [2.24, 2.45) is 5.92 Å². The smallest absolute Gasteiger partial charge is 0.293 e. The minimum Gasteiger partial charge on any atom is -0.497 e. The summed E-state index contributed by atoms with van der Waals surface area (Å²) in [5, 5.41) is 19.8. The fraction of sp³-hybridized carbons (Fsp3) is 0.421. The average molecular weight is 661 g/mol. The fourth-order valence-corrected chi connectivity index (χ4v) is 5.14. The molecular formula is C38H52N4O6. The first-order valence-electron chi connectivity index (χ1n) is 16.5. The van der Waals surface area contributed by atoms with Crippen LogP contribution in [0.2, 0.25) is 0 Å². The predicted molar refractivity (Wildman–Crippen MR) is 190 cm³/mol. The van der Waals surface area contributed by atoms with E-state index in [0.717, 1.165) is 17.7 Å². The molecule has 1 amide bonds. The van der Waals surface area contributed by atoms with Gasteiger partial charge in [0, 0.05) is 42.6 Å². The third kappa shape index (κ3) is 12.2. The van der Waals surface area contributed by atoms with Crippen LogP contribution in [-0.4, -0.2) is 80.6 Å². The molecule has 0 saturated heterocycles. The van der Waals surface area contributed by atoms with Gasteiger partial charge in [0.15, 0.2) is 11.9 Å². The SMILES string of the molecule is C=C(NC(Cc1ccccc1)C(O)CN(CC(C)CC)Oc1cccc(OC)c1)C(CN(C)c1cccc(C(=O)NC(C)C)c1)OC=O. The quantitative estimate of drug-likeness (QED) is 0.105. The zero-order chi connectivity index (χ0) is 35.1. The number of carbonyl (C=O) groups is 2. The van der Waals surface area contributed by atoms with E-state index in [1.54, 1.807) is 24.3 Å². The molecule has 10 heteroatoms. The molecule has 0 aliphatic rings. The van der Waals surface area contributed by atoms with Gasteiger partial charge in [0.25, 0.3) is 12.4 Å². The number of aliphatic hydroxyl groups excluding tert-OH is 1. The zero-order valence-electron chi connectivity index (χ0n) is 29.1. The van der Waals surface area contributed by atoms with Crippen LogP contribution >= 0.6 is 0 Å². The molecule has 0 fully saturated rings. The molecule has 0 radical (unpaired) electrons. The van der Waals surface area contributed by atoms with Crippen molar-refractivity contribution in [2.45, 2.75) is 64.8 Å². The Hall–Kier alpha value is -4.54. The van der Waals surface area contributed by atoms with Crippen molar-refractivity contribution in [1.29, 1.82) is 0 Å². The lowest BCUT2D eigenvalue weighted by molar-refractivity contribution is -0.131. The molecule has 3 aromatic carbocycles. The molecule has 0 bridgehead atoms. The topological polar surface area (TPSA) is 113 Å². The number of carbonyl (C=O) groups excluding carboxylic acids is 2. The van der Waals surface area contributed by atoms with E-state index in [1.807, 2.05) is 92.5 Å².